The Kier molecular flexibility index (Phi) is 19.4. The van der Waals surface area contributed by atoms with Crippen molar-refractivity contribution in [1.82, 2.24) is 5.32 Å². The van der Waals surface area contributed by atoms with Gasteiger partial charge in [-0.15, -0.1) is 0 Å². The summed E-state index contributed by atoms with van der Waals surface area (Å²) in [5, 5.41) is 40.0. The number of aliphatic hydroxyl groups is 4. The van der Waals surface area contributed by atoms with Gasteiger partial charge >= 0.3 is 0 Å². The summed E-state index contributed by atoms with van der Waals surface area (Å²) < 4.78 is 15.8. The van der Waals surface area contributed by atoms with Gasteiger partial charge in [-0.05, 0) is 49.1 Å². The van der Waals surface area contributed by atoms with Crippen molar-refractivity contribution in [2.24, 2.45) is 0 Å². The number of carbonyl (C=O) groups excluding carboxylic acids is 1. The van der Waals surface area contributed by atoms with Gasteiger partial charge < -0.3 is 54.6 Å². The molecular weight excluding hydrogens is 469 g/mol. The second kappa shape index (κ2) is 18.6. The van der Waals surface area contributed by atoms with Crippen LogP contribution in [0, 0.1) is 0 Å². The van der Waals surface area contributed by atoms with Gasteiger partial charge in [0.15, 0.2) is 0 Å². The van der Waals surface area contributed by atoms with Crippen molar-refractivity contribution in [2.75, 3.05) is 45.9 Å². The Hall–Kier alpha value is -0.660. The molecule has 0 spiro atoms. The summed E-state index contributed by atoms with van der Waals surface area (Å²) >= 11 is 0. The minimum Gasteiger partial charge on any atom is -0.809 e. The molecule has 0 aliphatic carbocycles. The van der Waals surface area contributed by atoms with Gasteiger partial charge in [0.1, 0.15) is 30.3 Å². The van der Waals surface area contributed by atoms with Crippen LogP contribution >= 0.6 is 7.60 Å². The fourth-order valence-corrected chi connectivity index (χ4v) is 4.10. The Morgan fingerprint density at radius 2 is 1.32 bits per heavy atom. The van der Waals surface area contributed by atoms with E-state index in [4.69, 9.17) is 9.84 Å². The second-order valence-electron chi connectivity index (χ2n) is 8.10. The van der Waals surface area contributed by atoms with Crippen LogP contribution in [0.2, 0.25) is 0 Å². The number of amides is 1. The van der Waals surface area contributed by atoms with Gasteiger partial charge in [0.05, 0.1) is 51.9 Å². The third-order valence-corrected chi connectivity index (χ3v) is 6.89. The Bertz CT molecular complexity index is 551. The fourth-order valence-electron chi connectivity index (χ4n) is 3.48. The monoisotopic (exact) mass is 517 g/mol. The molecule has 1 aliphatic rings. The third kappa shape index (κ3) is 12.9. The molecule has 0 aromatic rings. The lowest BCUT2D eigenvalue weighted by atomic mass is 9.93. The topological polar surface area (TPSA) is 191 Å². The lowest BCUT2D eigenvalue weighted by molar-refractivity contribution is -0.894. The van der Waals surface area contributed by atoms with E-state index >= 15 is 0 Å². The van der Waals surface area contributed by atoms with Crippen LogP contribution in [0.1, 0.15) is 48.5 Å². The molecular formula is C21H48N3O9P. The van der Waals surface area contributed by atoms with E-state index in [-0.39, 0.29) is 0 Å². The summed E-state index contributed by atoms with van der Waals surface area (Å²) in [7, 11) is -5.48. The molecule has 1 rings (SSSR count). The van der Waals surface area contributed by atoms with Crippen LogP contribution in [-0.2, 0) is 14.1 Å². The first kappa shape index (κ1) is 35.5. The van der Waals surface area contributed by atoms with Gasteiger partial charge in [-0.1, -0.05) is 0 Å². The zero-order valence-electron chi connectivity index (χ0n) is 21.7. The van der Waals surface area contributed by atoms with Crippen molar-refractivity contribution >= 4 is 13.5 Å². The molecule has 0 aromatic heterocycles. The number of aliphatic hydroxyl groups excluding tert-OH is 4. The van der Waals surface area contributed by atoms with E-state index in [1.165, 1.54) is 39.3 Å². The minimum atomic E-state index is -5.48. The highest BCUT2D eigenvalue weighted by Crippen LogP contribution is 2.37. The summed E-state index contributed by atoms with van der Waals surface area (Å²) in [5.74, 6) is -3.24. The Morgan fingerprint density at radius 3 is 1.56 bits per heavy atom. The predicted octanol–water partition coefficient (Wildman–Crippen LogP) is -4.93. The zero-order chi connectivity index (χ0) is 27.1. The van der Waals surface area contributed by atoms with Gasteiger partial charge in [-0.25, -0.2) is 0 Å². The summed E-state index contributed by atoms with van der Waals surface area (Å²) in [6.45, 7) is 21.2. The van der Waals surface area contributed by atoms with Crippen molar-refractivity contribution in [3.8, 4) is 0 Å². The quantitative estimate of drug-likeness (QED) is 0.139. The maximum atomic E-state index is 11.0. The first-order chi connectivity index (χ1) is 15.8. The SMILES string of the molecule is CC(=O)N[C@@H]1[C@@H](O)[C@H](O)[C@@H](CO)O[C@@H]1C(O)P(=O)([O-])[O-].CC[NH+](CC)CC.CC[NH+](CC)CC. The molecule has 1 fully saturated rings. The molecule has 34 heavy (non-hydrogen) atoms. The molecule has 1 unspecified atom stereocenters. The molecule has 0 aromatic carbocycles. The normalized spacial score (nSPS) is 25.7. The molecule has 206 valence electrons. The molecule has 13 heteroatoms. The Balaban J connectivity index is 0. The number of nitrogens with one attached hydrogen (secondary N) is 3. The van der Waals surface area contributed by atoms with E-state index in [0.29, 0.717) is 0 Å². The van der Waals surface area contributed by atoms with E-state index in [1.54, 1.807) is 9.80 Å². The van der Waals surface area contributed by atoms with Crippen LogP contribution in [0.15, 0.2) is 0 Å². The molecule has 12 nitrogen and oxygen atoms in total. The molecule has 6 atom stereocenters. The number of hydrogen-bond acceptors (Lipinski definition) is 9. The first-order valence-corrected chi connectivity index (χ1v) is 13.7. The smallest absolute Gasteiger partial charge is 0.217 e. The molecule has 0 radical (unpaired) electrons. The highest BCUT2D eigenvalue weighted by Gasteiger charge is 2.47. The summed E-state index contributed by atoms with van der Waals surface area (Å²) in [5.41, 5.74) is 0. The number of carbonyl (C=O) groups is 1. The number of quaternary nitrogens is 2. The Morgan fingerprint density at radius 1 is 0.941 bits per heavy atom. The minimum absolute atomic E-state index is 0.698. The van der Waals surface area contributed by atoms with E-state index in [0.717, 1.165) is 6.92 Å². The molecule has 0 bridgehead atoms. The highest BCUT2D eigenvalue weighted by molar-refractivity contribution is 7.49. The van der Waals surface area contributed by atoms with Crippen molar-refractivity contribution in [2.45, 2.75) is 84.8 Å². The fraction of sp³-hybridized carbons (Fsp3) is 0.952. The first-order valence-electron chi connectivity index (χ1n) is 12.0. The molecule has 1 heterocycles. The van der Waals surface area contributed by atoms with Gasteiger partial charge in [-0.3, -0.25) is 4.79 Å². The number of ether oxygens (including phenoxy) is 1. The average molecular weight is 518 g/mol. The van der Waals surface area contributed by atoms with E-state index in [9.17, 15) is 34.5 Å². The number of hydrogen-bond donors (Lipinski definition) is 7. The average Bonchev–Trinajstić information content (AvgIpc) is 2.79. The van der Waals surface area contributed by atoms with Gasteiger partial charge in [0.25, 0.3) is 0 Å². The van der Waals surface area contributed by atoms with Gasteiger partial charge in [0.2, 0.25) is 5.91 Å². The van der Waals surface area contributed by atoms with Crippen LogP contribution < -0.4 is 24.9 Å². The van der Waals surface area contributed by atoms with Crippen LogP contribution in [0.3, 0.4) is 0 Å². The van der Waals surface area contributed by atoms with Crippen molar-refractivity contribution in [3.63, 3.8) is 0 Å². The molecule has 1 aliphatic heterocycles. The molecule has 7 N–H and O–H groups in total. The summed E-state index contributed by atoms with van der Waals surface area (Å²) in [6, 6.07) is -1.52. The van der Waals surface area contributed by atoms with Crippen molar-refractivity contribution < 1.29 is 54.1 Å². The lowest BCUT2D eigenvalue weighted by Gasteiger charge is -2.48. The van der Waals surface area contributed by atoms with Crippen LogP contribution in [-0.4, -0.2) is 109 Å². The standard InChI is InChI=1S/C9H18NO9P.2C6H15N/c1-3(12)10-5-7(14)6(13)4(2-11)19-8(5)9(15)20(16,17)18;2*1-4-7(5-2)6-3/h4-9,11,13-15H,2H2,1H3,(H,10,12)(H2,16,17,18);2*4-6H2,1-3H3/t4-,5-,6-,7-,8+,9?;;/m1../s1. The van der Waals surface area contributed by atoms with E-state index < -0.39 is 56.4 Å². The summed E-state index contributed by atoms with van der Waals surface area (Å²) in [4.78, 5) is 36.1. The van der Waals surface area contributed by atoms with Crippen LogP contribution in [0.5, 0.6) is 0 Å². The maximum absolute atomic E-state index is 11.0. The van der Waals surface area contributed by atoms with Gasteiger partial charge in [-0.2, -0.15) is 0 Å². The lowest BCUT2D eigenvalue weighted by Crippen LogP contribution is -3.11. The predicted molar refractivity (Wildman–Crippen MR) is 124 cm³/mol. The van der Waals surface area contributed by atoms with Crippen molar-refractivity contribution in [3.05, 3.63) is 0 Å². The molecule has 0 saturated carbocycles. The van der Waals surface area contributed by atoms with E-state index in [1.807, 2.05) is 0 Å². The van der Waals surface area contributed by atoms with Crippen LogP contribution in [0.4, 0.5) is 0 Å². The Labute approximate surface area is 204 Å². The largest absolute Gasteiger partial charge is 0.809 e. The number of rotatable bonds is 10. The molecule has 1 saturated heterocycles. The maximum Gasteiger partial charge on any atom is 0.217 e. The second-order valence-corrected chi connectivity index (χ2v) is 9.71. The van der Waals surface area contributed by atoms with Crippen LogP contribution in [0.25, 0.3) is 0 Å². The van der Waals surface area contributed by atoms with E-state index in [2.05, 4.69) is 46.9 Å². The highest BCUT2D eigenvalue weighted by atomic mass is 31.2. The van der Waals surface area contributed by atoms with Gasteiger partial charge in [0, 0.05) is 6.92 Å². The third-order valence-electron chi connectivity index (χ3n) is 5.95. The van der Waals surface area contributed by atoms with Crippen molar-refractivity contribution in [1.29, 1.82) is 0 Å². The zero-order valence-corrected chi connectivity index (χ0v) is 22.6. The molecule has 1 amide bonds. The summed E-state index contributed by atoms with van der Waals surface area (Å²) in [6.07, 6.45) is -6.56.